The van der Waals surface area contributed by atoms with Crippen LogP contribution in [0.15, 0.2) is 17.2 Å². The number of benzene rings is 1. The van der Waals surface area contributed by atoms with Gasteiger partial charge in [-0.2, -0.15) is 5.10 Å². The first-order valence-corrected chi connectivity index (χ1v) is 9.50. The molecule has 1 heterocycles. The molecule has 10 heteroatoms. The Balaban J connectivity index is 1.98. The van der Waals surface area contributed by atoms with Gasteiger partial charge in [0, 0.05) is 13.1 Å². The minimum Gasteiger partial charge on any atom is -0.490 e. The molecule has 2 N–H and O–H groups in total. The fourth-order valence-corrected chi connectivity index (χ4v) is 3.16. The molecule has 0 bridgehead atoms. The van der Waals surface area contributed by atoms with Crippen molar-refractivity contribution in [3.63, 3.8) is 0 Å². The summed E-state index contributed by atoms with van der Waals surface area (Å²) in [7, 11) is 0. The number of carboxylic acid groups (broad SMARTS) is 1. The molecule has 1 saturated heterocycles. The second-order valence-corrected chi connectivity index (χ2v) is 6.79. The Bertz CT molecular complexity index is 691. The summed E-state index contributed by atoms with van der Waals surface area (Å²) in [6.45, 7) is 4.75. The van der Waals surface area contributed by atoms with E-state index in [1.54, 1.807) is 12.1 Å². The van der Waals surface area contributed by atoms with Gasteiger partial charge in [-0.15, -0.1) is 0 Å². The maximum atomic E-state index is 11.9. The number of hydrogen-bond donors (Lipinski definition) is 2. The number of carbonyl (C=O) groups excluding carboxylic acids is 1. The van der Waals surface area contributed by atoms with Gasteiger partial charge >= 0.3 is 5.97 Å². The van der Waals surface area contributed by atoms with Crippen molar-refractivity contribution < 1.29 is 28.9 Å². The molecule has 27 heavy (non-hydrogen) atoms. The Morgan fingerprint density at radius 3 is 2.78 bits per heavy atom. The highest BCUT2D eigenvalue weighted by atomic mass is 127. The third kappa shape index (κ3) is 7.31. The number of nitrogens with zero attached hydrogens (tertiary/aromatic N) is 2. The Morgan fingerprint density at radius 1 is 1.37 bits per heavy atom. The maximum Gasteiger partial charge on any atom is 0.341 e. The van der Waals surface area contributed by atoms with Crippen molar-refractivity contribution in [1.29, 1.82) is 0 Å². The summed E-state index contributed by atoms with van der Waals surface area (Å²) in [4.78, 5) is 24.7. The fourth-order valence-electron chi connectivity index (χ4n) is 2.38. The highest BCUT2D eigenvalue weighted by Crippen LogP contribution is 2.33. The average Bonchev–Trinajstić information content (AvgIpc) is 2.62. The van der Waals surface area contributed by atoms with Crippen LogP contribution in [-0.2, 0) is 14.3 Å². The van der Waals surface area contributed by atoms with Crippen LogP contribution in [0.25, 0.3) is 0 Å². The minimum atomic E-state index is -1.07. The van der Waals surface area contributed by atoms with E-state index < -0.39 is 12.6 Å². The standard InChI is InChI=1S/C17H22IN3O6/c1-2-26-14-8-12(7-13(18)17(14)27-11-16(23)24)9-19-20-15(22)10-21-3-5-25-6-4-21/h7-9H,2-6,10-11H2,1H3,(H,20,22)(H,23,24)/b19-9+. The molecule has 1 aromatic carbocycles. The molecular formula is C17H22IN3O6. The zero-order valence-electron chi connectivity index (χ0n) is 14.9. The summed E-state index contributed by atoms with van der Waals surface area (Å²) in [5.41, 5.74) is 3.19. The normalized spacial score (nSPS) is 14.9. The lowest BCUT2D eigenvalue weighted by Crippen LogP contribution is -2.42. The van der Waals surface area contributed by atoms with Crippen LogP contribution in [0, 0.1) is 3.57 Å². The number of morpholine rings is 1. The minimum absolute atomic E-state index is 0.200. The number of hydrogen-bond acceptors (Lipinski definition) is 7. The molecular weight excluding hydrogens is 469 g/mol. The van der Waals surface area contributed by atoms with E-state index in [-0.39, 0.29) is 12.5 Å². The molecule has 0 spiro atoms. The monoisotopic (exact) mass is 491 g/mol. The number of aliphatic carboxylic acids is 1. The van der Waals surface area contributed by atoms with Gasteiger partial charge in [0.15, 0.2) is 18.1 Å². The third-order valence-corrected chi connectivity index (χ3v) is 4.35. The van der Waals surface area contributed by atoms with Crippen LogP contribution in [-0.4, -0.2) is 74.2 Å². The molecule has 1 aromatic rings. The number of ether oxygens (including phenoxy) is 3. The number of carbonyl (C=O) groups is 2. The highest BCUT2D eigenvalue weighted by Gasteiger charge is 2.15. The van der Waals surface area contributed by atoms with Gasteiger partial charge in [-0.3, -0.25) is 9.69 Å². The van der Waals surface area contributed by atoms with Crippen LogP contribution in [0.1, 0.15) is 12.5 Å². The Hall–Kier alpha value is -1.92. The zero-order valence-corrected chi connectivity index (χ0v) is 17.1. The Labute approximate surface area is 170 Å². The molecule has 1 aliphatic heterocycles. The predicted octanol–water partition coefficient (Wildman–Crippen LogP) is 0.936. The predicted molar refractivity (Wildman–Crippen MR) is 106 cm³/mol. The molecule has 9 nitrogen and oxygen atoms in total. The van der Waals surface area contributed by atoms with Crippen LogP contribution >= 0.6 is 22.6 Å². The topological polar surface area (TPSA) is 110 Å². The lowest BCUT2D eigenvalue weighted by Gasteiger charge is -2.25. The number of hydrazone groups is 1. The second-order valence-electron chi connectivity index (χ2n) is 5.63. The number of halogens is 1. The summed E-state index contributed by atoms with van der Waals surface area (Å²) in [5, 5.41) is 12.8. The number of carboxylic acids is 1. The van der Waals surface area contributed by atoms with Gasteiger partial charge in [0.25, 0.3) is 5.91 Å². The van der Waals surface area contributed by atoms with E-state index in [0.29, 0.717) is 40.5 Å². The van der Waals surface area contributed by atoms with E-state index in [4.69, 9.17) is 19.3 Å². The van der Waals surface area contributed by atoms with Gasteiger partial charge in [0.2, 0.25) is 0 Å². The zero-order chi connectivity index (χ0) is 19.6. The Kier molecular flexibility index (Phi) is 8.75. The summed E-state index contributed by atoms with van der Waals surface area (Å²) < 4.78 is 16.8. The first-order valence-electron chi connectivity index (χ1n) is 8.42. The highest BCUT2D eigenvalue weighted by molar-refractivity contribution is 14.1. The Morgan fingerprint density at radius 2 is 2.11 bits per heavy atom. The van der Waals surface area contributed by atoms with Crippen molar-refractivity contribution in [3.05, 3.63) is 21.3 Å². The molecule has 1 fully saturated rings. The van der Waals surface area contributed by atoms with Crippen molar-refractivity contribution in [2.24, 2.45) is 5.10 Å². The first kappa shape index (κ1) is 21.4. The van der Waals surface area contributed by atoms with Crippen molar-refractivity contribution in [3.8, 4) is 11.5 Å². The van der Waals surface area contributed by atoms with Gasteiger partial charge in [0.1, 0.15) is 0 Å². The smallest absolute Gasteiger partial charge is 0.341 e. The van der Waals surface area contributed by atoms with Crippen LogP contribution in [0.3, 0.4) is 0 Å². The van der Waals surface area contributed by atoms with Crippen molar-refractivity contribution in [2.45, 2.75) is 6.92 Å². The molecule has 0 atom stereocenters. The second kappa shape index (κ2) is 11.0. The van der Waals surface area contributed by atoms with Crippen LogP contribution < -0.4 is 14.9 Å². The first-order chi connectivity index (χ1) is 13.0. The van der Waals surface area contributed by atoms with E-state index in [2.05, 4.69) is 10.5 Å². The van der Waals surface area contributed by atoms with Crippen LogP contribution in [0.2, 0.25) is 0 Å². The lowest BCUT2D eigenvalue weighted by molar-refractivity contribution is -0.139. The SMILES string of the molecule is CCOc1cc(/C=N/NC(=O)CN2CCOCC2)cc(I)c1OCC(=O)O. The average molecular weight is 491 g/mol. The molecule has 148 valence electrons. The van der Waals surface area contributed by atoms with Gasteiger partial charge in [0.05, 0.1) is 36.2 Å². The summed E-state index contributed by atoms with van der Waals surface area (Å²) in [6.07, 6.45) is 1.50. The van der Waals surface area contributed by atoms with E-state index in [1.807, 2.05) is 34.4 Å². The van der Waals surface area contributed by atoms with Crippen molar-refractivity contribution in [2.75, 3.05) is 46.1 Å². The van der Waals surface area contributed by atoms with Gasteiger partial charge in [-0.25, -0.2) is 10.2 Å². The maximum absolute atomic E-state index is 11.9. The molecule has 1 aliphatic rings. The van der Waals surface area contributed by atoms with Crippen LogP contribution in [0.5, 0.6) is 11.5 Å². The van der Waals surface area contributed by atoms with Gasteiger partial charge in [-0.1, -0.05) is 0 Å². The fraction of sp³-hybridized carbons (Fsp3) is 0.471. The van der Waals surface area contributed by atoms with E-state index in [9.17, 15) is 9.59 Å². The molecule has 0 unspecified atom stereocenters. The quantitative estimate of drug-likeness (QED) is 0.301. The molecule has 1 amide bonds. The van der Waals surface area contributed by atoms with Crippen molar-refractivity contribution >= 4 is 40.7 Å². The number of nitrogens with one attached hydrogen (secondary N) is 1. The van der Waals surface area contributed by atoms with E-state index >= 15 is 0 Å². The summed E-state index contributed by atoms with van der Waals surface area (Å²) in [5.74, 6) is -0.476. The number of amides is 1. The number of rotatable bonds is 9. The molecule has 0 aromatic heterocycles. The third-order valence-electron chi connectivity index (χ3n) is 3.55. The van der Waals surface area contributed by atoms with E-state index in [1.165, 1.54) is 6.21 Å². The summed E-state index contributed by atoms with van der Waals surface area (Å²) >= 11 is 2.03. The molecule has 0 saturated carbocycles. The van der Waals surface area contributed by atoms with Gasteiger partial charge in [-0.05, 0) is 47.2 Å². The van der Waals surface area contributed by atoms with Crippen molar-refractivity contribution in [1.82, 2.24) is 10.3 Å². The molecule has 0 aliphatic carbocycles. The largest absolute Gasteiger partial charge is 0.490 e. The van der Waals surface area contributed by atoms with Crippen LogP contribution in [0.4, 0.5) is 0 Å². The molecule has 0 radical (unpaired) electrons. The van der Waals surface area contributed by atoms with E-state index in [0.717, 1.165) is 13.1 Å². The molecule has 2 rings (SSSR count). The summed E-state index contributed by atoms with van der Waals surface area (Å²) in [6, 6.07) is 3.44. The van der Waals surface area contributed by atoms with Gasteiger partial charge < -0.3 is 19.3 Å². The lowest BCUT2D eigenvalue weighted by atomic mass is 10.2.